The van der Waals surface area contributed by atoms with Gasteiger partial charge in [-0.15, -0.1) is 0 Å². The van der Waals surface area contributed by atoms with E-state index in [0.29, 0.717) is 0 Å². The van der Waals surface area contributed by atoms with Crippen LogP contribution in [0, 0.1) is 0 Å². The quantitative estimate of drug-likeness (QED) is 0.796. The van der Waals surface area contributed by atoms with Crippen LogP contribution in [0.1, 0.15) is 35.8 Å². The fourth-order valence-electron chi connectivity index (χ4n) is 4.03. The Morgan fingerprint density at radius 1 is 1.13 bits per heavy atom. The summed E-state index contributed by atoms with van der Waals surface area (Å²) in [4.78, 5) is 19.4. The smallest absolute Gasteiger partial charge is 0.270 e. The van der Waals surface area contributed by atoms with E-state index in [1.807, 2.05) is 40.9 Å². The first kappa shape index (κ1) is 14.2. The lowest BCUT2D eigenvalue weighted by atomic mass is 9.71. The Morgan fingerprint density at radius 3 is 2.57 bits per heavy atom. The Morgan fingerprint density at radius 2 is 1.87 bits per heavy atom. The number of benzene rings is 1. The molecule has 3 heterocycles. The zero-order valence-electron chi connectivity index (χ0n) is 13.6. The van der Waals surface area contributed by atoms with Crippen LogP contribution in [0.3, 0.4) is 0 Å². The van der Waals surface area contributed by atoms with Crippen molar-refractivity contribution in [3.8, 4) is 0 Å². The molecule has 1 fully saturated rings. The number of piperidine rings is 1. The highest BCUT2D eigenvalue weighted by Crippen LogP contribution is 2.46. The molecule has 118 valence electrons. The lowest BCUT2D eigenvalue weighted by Crippen LogP contribution is -2.47. The lowest BCUT2D eigenvalue weighted by Gasteiger charge is -2.40. The molecule has 2 aromatic rings. The van der Waals surface area contributed by atoms with Gasteiger partial charge in [0.2, 0.25) is 0 Å². The van der Waals surface area contributed by atoms with Gasteiger partial charge in [-0.1, -0.05) is 18.2 Å². The van der Waals surface area contributed by atoms with Gasteiger partial charge >= 0.3 is 0 Å². The molecular weight excluding hydrogens is 286 g/mol. The van der Waals surface area contributed by atoms with E-state index < -0.39 is 0 Å². The molecule has 23 heavy (non-hydrogen) atoms. The fraction of sp³-hybridized carbons (Fsp3) is 0.368. The van der Waals surface area contributed by atoms with Gasteiger partial charge in [-0.3, -0.25) is 9.79 Å². The monoisotopic (exact) mass is 307 g/mol. The highest BCUT2D eigenvalue weighted by atomic mass is 16.2. The number of aromatic nitrogens is 1. The Kier molecular flexibility index (Phi) is 3.15. The standard InChI is InChI=1S/C19H21N3O/c1-14-19(15-6-3-4-7-16(15)20-14)9-12-22(13-10-19)18(23)17-8-5-11-21(17)2/h3-8,11H,9-10,12-13H2,1-2H3. The number of hydrogen-bond donors (Lipinski definition) is 0. The highest BCUT2D eigenvalue weighted by molar-refractivity contribution is 6.00. The zero-order chi connectivity index (χ0) is 16.0. The molecule has 2 aliphatic heterocycles. The van der Waals surface area contributed by atoms with Crippen molar-refractivity contribution in [3.05, 3.63) is 53.9 Å². The SMILES string of the molecule is CC1=Nc2ccccc2C12CCN(C(=O)c1cccn1C)CC2. The van der Waals surface area contributed by atoms with E-state index in [4.69, 9.17) is 4.99 Å². The second kappa shape index (κ2) is 5.08. The number of likely N-dealkylation sites (tertiary alicyclic amines) is 1. The Hall–Kier alpha value is -2.36. The lowest BCUT2D eigenvalue weighted by molar-refractivity contribution is 0.0687. The second-order valence-corrected chi connectivity index (χ2v) is 6.59. The Labute approximate surface area is 136 Å². The summed E-state index contributed by atoms with van der Waals surface area (Å²) < 4.78 is 1.89. The minimum Gasteiger partial charge on any atom is -0.347 e. The molecule has 0 saturated carbocycles. The average Bonchev–Trinajstić information content (AvgIpc) is 3.11. The Bertz CT molecular complexity index is 794. The molecule has 0 unspecified atom stereocenters. The van der Waals surface area contributed by atoms with Gasteiger partial charge in [0.15, 0.2) is 0 Å². The largest absolute Gasteiger partial charge is 0.347 e. The third-order valence-corrected chi connectivity index (χ3v) is 5.47. The first-order chi connectivity index (χ1) is 11.1. The molecule has 2 aliphatic rings. The molecule has 1 spiro atoms. The number of carbonyl (C=O) groups excluding carboxylic acids is 1. The van der Waals surface area contributed by atoms with Gasteiger partial charge in [0, 0.05) is 37.5 Å². The van der Waals surface area contributed by atoms with Gasteiger partial charge in [0.05, 0.1) is 5.69 Å². The number of aryl methyl sites for hydroxylation is 1. The number of amides is 1. The van der Waals surface area contributed by atoms with Crippen molar-refractivity contribution in [2.45, 2.75) is 25.2 Å². The summed E-state index contributed by atoms with van der Waals surface area (Å²) >= 11 is 0. The van der Waals surface area contributed by atoms with Crippen molar-refractivity contribution in [1.82, 2.24) is 9.47 Å². The molecular formula is C19H21N3O. The number of hydrogen-bond acceptors (Lipinski definition) is 2. The maximum atomic E-state index is 12.7. The molecule has 0 bridgehead atoms. The van der Waals surface area contributed by atoms with E-state index in [1.165, 1.54) is 11.3 Å². The minimum absolute atomic E-state index is 0.0293. The van der Waals surface area contributed by atoms with Crippen LogP contribution in [-0.4, -0.2) is 34.2 Å². The number of nitrogens with zero attached hydrogens (tertiary/aromatic N) is 3. The van der Waals surface area contributed by atoms with Gasteiger partial charge in [0.1, 0.15) is 5.69 Å². The summed E-state index contributed by atoms with van der Waals surface area (Å²) in [5.41, 5.74) is 4.43. The van der Waals surface area contributed by atoms with Crippen molar-refractivity contribution in [1.29, 1.82) is 0 Å². The van der Waals surface area contributed by atoms with Crippen LogP contribution < -0.4 is 0 Å². The predicted molar refractivity (Wildman–Crippen MR) is 91.4 cm³/mol. The summed E-state index contributed by atoms with van der Waals surface area (Å²) in [6.07, 6.45) is 3.83. The van der Waals surface area contributed by atoms with Crippen LogP contribution >= 0.6 is 0 Å². The van der Waals surface area contributed by atoms with Crippen molar-refractivity contribution >= 4 is 17.3 Å². The van der Waals surface area contributed by atoms with E-state index in [1.54, 1.807) is 0 Å². The van der Waals surface area contributed by atoms with Crippen LogP contribution in [-0.2, 0) is 12.5 Å². The number of para-hydroxylation sites is 1. The van der Waals surface area contributed by atoms with E-state index >= 15 is 0 Å². The summed E-state index contributed by atoms with van der Waals surface area (Å²) in [5, 5.41) is 0. The number of aliphatic imine (C=N–C) groups is 1. The molecule has 1 amide bonds. The number of fused-ring (bicyclic) bond motifs is 2. The van der Waals surface area contributed by atoms with Crippen molar-refractivity contribution in [2.75, 3.05) is 13.1 Å². The summed E-state index contributed by atoms with van der Waals surface area (Å²) in [7, 11) is 1.92. The first-order valence-electron chi connectivity index (χ1n) is 8.18. The number of carbonyl (C=O) groups is 1. The van der Waals surface area contributed by atoms with E-state index in [-0.39, 0.29) is 11.3 Å². The minimum atomic E-state index is 0.0293. The van der Waals surface area contributed by atoms with Gasteiger partial charge in [0.25, 0.3) is 5.91 Å². The molecule has 4 rings (SSSR count). The van der Waals surface area contributed by atoms with Crippen molar-refractivity contribution < 1.29 is 4.79 Å². The molecule has 0 N–H and O–H groups in total. The number of rotatable bonds is 1. The van der Waals surface area contributed by atoms with Gasteiger partial charge in [-0.25, -0.2) is 0 Å². The van der Waals surface area contributed by atoms with Crippen molar-refractivity contribution in [3.63, 3.8) is 0 Å². The fourth-order valence-corrected chi connectivity index (χ4v) is 4.03. The van der Waals surface area contributed by atoms with Gasteiger partial charge < -0.3 is 9.47 Å². The molecule has 1 saturated heterocycles. The first-order valence-corrected chi connectivity index (χ1v) is 8.18. The Balaban J connectivity index is 1.57. The molecule has 0 radical (unpaired) electrons. The molecule has 0 aliphatic carbocycles. The van der Waals surface area contributed by atoms with Gasteiger partial charge in [-0.05, 0) is 43.5 Å². The van der Waals surface area contributed by atoms with Crippen LogP contribution in [0.5, 0.6) is 0 Å². The average molecular weight is 307 g/mol. The maximum Gasteiger partial charge on any atom is 0.270 e. The second-order valence-electron chi connectivity index (χ2n) is 6.59. The molecule has 4 nitrogen and oxygen atoms in total. The molecule has 1 aromatic heterocycles. The van der Waals surface area contributed by atoms with Crippen LogP contribution in [0.15, 0.2) is 47.6 Å². The summed E-state index contributed by atoms with van der Waals surface area (Å²) in [6.45, 7) is 3.70. The molecule has 1 aromatic carbocycles. The summed E-state index contributed by atoms with van der Waals surface area (Å²) in [5.74, 6) is 0.133. The van der Waals surface area contributed by atoms with Crippen LogP contribution in [0.4, 0.5) is 5.69 Å². The topological polar surface area (TPSA) is 37.6 Å². The normalized spacial score (nSPS) is 18.9. The molecule has 4 heteroatoms. The zero-order valence-corrected chi connectivity index (χ0v) is 13.6. The molecule has 0 atom stereocenters. The van der Waals surface area contributed by atoms with E-state index in [2.05, 4.69) is 25.1 Å². The van der Waals surface area contributed by atoms with Gasteiger partial charge in [-0.2, -0.15) is 0 Å². The predicted octanol–water partition coefficient (Wildman–Crippen LogP) is 3.31. The van der Waals surface area contributed by atoms with E-state index in [9.17, 15) is 4.79 Å². The third-order valence-electron chi connectivity index (χ3n) is 5.47. The highest BCUT2D eigenvalue weighted by Gasteiger charge is 2.44. The van der Waals surface area contributed by atoms with E-state index in [0.717, 1.165) is 37.3 Å². The third kappa shape index (κ3) is 2.05. The summed E-state index contributed by atoms with van der Waals surface area (Å²) in [6, 6.07) is 12.2. The van der Waals surface area contributed by atoms with Crippen molar-refractivity contribution in [2.24, 2.45) is 12.0 Å². The van der Waals surface area contributed by atoms with Crippen LogP contribution in [0.25, 0.3) is 0 Å². The maximum absolute atomic E-state index is 12.7. The van der Waals surface area contributed by atoms with Crippen LogP contribution in [0.2, 0.25) is 0 Å².